The van der Waals surface area contributed by atoms with Crippen molar-refractivity contribution in [1.29, 1.82) is 0 Å². The molecule has 3 nitrogen and oxygen atoms in total. The van der Waals surface area contributed by atoms with Gasteiger partial charge in [-0.3, -0.25) is 4.79 Å². The first kappa shape index (κ1) is 16.0. The lowest BCUT2D eigenvalue weighted by atomic mass is 10.1. The molecule has 0 aromatic heterocycles. The summed E-state index contributed by atoms with van der Waals surface area (Å²) in [5.74, 6) is -0.190. The van der Waals surface area contributed by atoms with E-state index in [0.29, 0.717) is 12.2 Å². The van der Waals surface area contributed by atoms with Crippen LogP contribution in [0.1, 0.15) is 13.3 Å². The maximum atomic E-state index is 13.7. The van der Waals surface area contributed by atoms with Crippen molar-refractivity contribution in [2.75, 3.05) is 5.32 Å². The second-order valence-electron chi connectivity index (χ2n) is 5.46. The number of benzene rings is 3. The van der Waals surface area contributed by atoms with Crippen LogP contribution in [0.25, 0.3) is 10.8 Å². The van der Waals surface area contributed by atoms with E-state index in [0.717, 1.165) is 10.8 Å². The van der Waals surface area contributed by atoms with Crippen LogP contribution in [0, 0.1) is 5.82 Å². The van der Waals surface area contributed by atoms with Crippen molar-refractivity contribution in [1.82, 2.24) is 0 Å². The minimum Gasteiger partial charge on any atom is -0.480 e. The molecule has 0 saturated heterocycles. The molecule has 3 rings (SSSR count). The molecule has 0 saturated carbocycles. The van der Waals surface area contributed by atoms with Crippen LogP contribution in [0.4, 0.5) is 10.1 Å². The highest BCUT2D eigenvalue weighted by Gasteiger charge is 2.20. The Morgan fingerprint density at radius 2 is 1.75 bits per heavy atom. The summed E-state index contributed by atoms with van der Waals surface area (Å²) in [5, 5.41) is 4.57. The van der Waals surface area contributed by atoms with Gasteiger partial charge < -0.3 is 10.1 Å². The minimum absolute atomic E-state index is 0.155. The van der Waals surface area contributed by atoms with E-state index in [1.54, 1.807) is 12.1 Å². The average Bonchev–Trinajstić information content (AvgIpc) is 2.61. The highest BCUT2D eigenvalue weighted by atomic mass is 19.1. The monoisotopic (exact) mass is 323 g/mol. The van der Waals surface area contributed by atoms with Crippen LogP contribution < -0.4 is 10.1 Å². The van der Waals surface area contributed by atoms with E-state index < -0.39 is 11.9 Å². The summed E-state index contributed by atoms with van der Waals surface area (Å²) in [5.41, 5.74) is 0.155. The number of ether oxygens (including phenoxy) is 1. The molecule has 1 amide bonds. The van der Waals surface area contributed by atoms with Crippen molar-refractivity contribution < 1.29 is 13.9 Å². The van der Waals surface area contributed by atoms with Crippen LogP contribution in [-0.2, 0) is 4.79 Å². The molecular weight excluding hydrogens is 305 g/mol. The first-order chi connectivity index (χ1) is 11.7. The Morgan fingerprint density at radius 3 is 2.54 bits per heavy atom. The fourth-order valence-electron chi connectivity index (χ4n) is 2.55. The Bertz CT molecular complexity index is 858. The highest BCUT2D eigenvalue weighted by Crippen LogP contribution is 2.27. The number of carbonyl (C=O) groups is 1. The quantitative estimate of drug-likeness (QED) is 0.734. The predicted molar refractivity (Wildman–Crippen MR) is 93.7 cm³/mol. The zero-order valence-corrected chi connectivity index (χ0v) is 13.3. The lowest BCUT2D eigenvalue weighted by Crippen LogP contribution is -2.32. The first-order valence-electron chi connectivity index (χ1n) is 7.89. The summed E-state index contributed by atoms with van der Waals surface area (Å²) in [4.78, 5) is 12.4. The van der Waals surface area contributed by atoms with Gasteiger partial charge in [0.1, 0.15) is 11.6 Å². The highest BCUT2D eigenvalue weighted by molar-refractivity contribution is 5.95. The molecule has 0 heterocycles. The van der Waals surface area contributed by atoms with Crippen LogP contribution in [0.5, 0.6) is 5.75 Å². The summed E-state index contributed by atoms with van der Waals surface area (Å²) < 4.78 is 19.6. The third kappa shape index (κ3) is 3.38. The Kier molecular flexibility index (Phi) is 4.75. The van der Waals surface area contributed by atoms with Crippen molar-refractivity contribution in [2.45, 2.75) is 19.4 Å². The van der Waals surface area contributed by atoms with E-state index in [2.05, 4.69) is 5.32 Å². The minimum atomic E-state index is -0.699. The molecule has 0 aliphatic heterocycles. The molecule has 3 aromatic carbocycles. The maximum Gasteiger partial charge on any atom is 0.265 e. The number of anilines is 1. The number of hydrogen-bond donors (Lipinski definition) is 1. The van der Waals surface area contributed by atoms with E-state index in [1.807, 2.05) is 49.4 Å². The Balaban J connectivity index is 1.81. The van der Waals surface area contributed by atoms with Gasteiger partial charge in [0, 0.05) is 5.39 Å². The van der Waals surface area contributed by atoms with Gasteiger partial charge in [0.15, 0.2) is 6.10 Å². The fourth-order valence-corrected chi connectivity index (χ4v) is 2.55. The molecule has 3 aromatic rings. The average molecular weight is 323 g/mol. The molecule has 4 heteroatoms. The van der Waals surface area contributed by atoms with Crippen LogP contribution in [0.15, 0.2) is 66.7 Å². The van der Waals surface area contributed by atoms with Crippen LogP contribution in [-0.4, -0.2) is 12.0 Å². The molecule has 0 radical (unpaired) electrons. The van der Waals surface area contributed by atoms with Gasteiger partial charge in [0.25, 0.3) is 5.91 Å². The second kappa shape index (κ2) is 7.13. The normalized spacial score (nSPS) is 11.9. The zero-order valence-electron chi connectivity index (χ0n) is 13.3. The summed E-state index contributed by atoms with van der Waals surface area (Å²) in [7, 11) is 0. The van der Waals surface area contributed by atoms with Gasteiger partial charge >= 0.3 is 0 Å². The van der Waals surface area contributed by atoms with Crippen molar-refractivity contribution in [2.24, 2.45) is 0 Å². The Morgan fingerprint density at radius 1 is 1.04 bits per heavy atom. The number of rotatable bonds is 5. The second-order valence-corrected chi connectivity index (χ2v) is 5.46. The first-order valence-corrected chi connectivity index (χ1v) is 7.89. The van der Waals surface area contributed by atoms with Gasteiger partial charge in [-0.15, -0.1) is 0 Å². The van der Waals surface area contributed by atoms with E-state index >= 15 is 0 Å². The molecule has 24 heavy (non-hydrogen) atoms. The molecular formula is C20H18FNO2. The van der Waals surface area contributed by atoms with E-state index in [4.69, 9.17) is 4.74 Å². The Labute approximate surface area is 140 Å². The maximum absolute atomic E-state index is 13.7. The van der Waals surface area contributed by atoms with Gasteiger partial charge in [-0.1, -0.05) is 55.5 Å². The lowest BCUT2D eigenvalue weighted by Gasteiger charge is -2.18. The van der Waals surface area contributed by atoms with E-state index in [-0.39, 0.29) is 11.6 Å². The molecule has 122 valence electrons. The number of nitrogens with one attached hydrogen (secondary N) is 1. The number of amides is 1. The SMILES string of the molecule is CC[C@@H](Oc1cccc2ccccc12)C(=O)Nc1ccccc1F. The van der Waals surface area contributed by atoms with Gasteiger partial charge in [0.05, 0.1) is 5.69 Å². The van der Waals surface area contributed by atoms with E-state index in [1.165, 1.54) is 12.1 Å². The third-order valence-electron chi connectivity index (χ3n) is 3.81. The number of fused-ring (bicyclic) bond motifs is 1. The molecule has 0 unspecified atom stereocenters. The number of hydrogen-bond acceptors (Lipinski definition) is 2. The van der Waals surface area contributed by atoms with Crippen LogP contribution in [0.3, 0.4) is 0 Å². The topological polar surface area (TPSA) is 38.3 Å². The summed E-state index contributed by atoms with van der Waals surface area (Å²) >= 11 is 0. The van der Waals surface area contributed by atoms with Crippen molar-refractivity contribution in [3.63, 3.8) is 0 Å². The van der Waals surface area contributed by atoms with Crippen LogP contribution in [0.2, 0.25) is 0 Å². The smallest absolute Gasteiger partial charge is 0.265 e. The molecule has 0 spiro atoms. The molecule has 0 aliphatic rings. The Hall–Kier alpha value is -2.88. The molecule has 0 bridgehead atoms. The van der Waals surface area contributed by atoms with Gasteiger partial charge in [-0.2, -0.15) is 0 Å². The van der Waals surface area contributed by atoms with Gasteiger partial charge in [-0.05, 0) is 30.0 Å². The number of halogens is 1. The summed E-state index contributed by atoms with van der Waals surface area (Å²) in [6.45, 7) is 1.86. The largest absolute Gasteiger partial charge is 0.480 e. The molecule has 0 aliphatic carbocycles. The van der Waals surface area contributed by atoms with Gasteiger partial charge in [0.2, 0.25) is 0 Å². The summed E-state index contributed by atoms with van der Waals surface area (Å²) in [6.07, 6.45) is -0.223. The lowest BCUT2D eigenvalue weighted by molar-refractivity contribution is -0.122. The van der Waals surface area contributed by atoms with Crippen molar-refractivity contribution >= 4 is 22.4 Å². The number of carbonyl (C=O) groups excluding carboxylic acids is 1. The molecule has 1 N–H and O–H groups in total. The van der Waals surface area contributed by atoms with Crippen molar-refractivity contribution in [3.8, 4) is 5.75 Å². The van der Waals surface area contributed by atoms with Crippen molar-refractivity contribution in [3.05, 3.63) is 72.5 Å². The third-order valence-corrected chi connectivity index (χ3v) is 3.81. The molecule has 0 fully saturated rings. The van der Waals surface area contributed by atoms with Gasteiger partial charge in [-0.25, -0.2) is 4.39 Å². The standard InChI is InChI=1S/C20H18FNO2/c1-2-18(20(23)22-17-12-6-5-11-16(17)21)24-19-13-7-9-14-8-3-4-10-15(14)19/h3-13,18H,2H2,1H3,(H,22,23)/t18-/m1/s1. The molecule has 1 atom stereocenters. The zero-order chi connectivity index (χ0) is 16.9. The predicted octanol–water partition coefficient (Wildman–Crippen LogP) is 4.78. The fraction of sp³-hybridized carbons (Fsp3) is 0.150. The van der Waals surface area contributed by atoms with E-state index in [9.17, 15) is 9.18 Å². The number of para-hydroxylation sites is 1. The summed E-state index contributed by atoms with van der Waals surface area (Å²) in [6, 6.07) is 19.6. The van der Waals surface area contributed by atoms with Crippen LogP contribution >= 0.6 is 0 Å².